The molecule has 1 aliphatic rings. The SMILES string of the molecule is C=CCNC(N)=NCC1(N(C)C)CCOCC1. The lowest BCUT2D eigenvalue weighted by Gasteiger charge is -2.41. The van der Waals surface area contributed by atoms with Crippen LogP contribution in [0, 0.1) is 0 Å². The van der Waals surface area contributed by atoms with Crippen LogP contribution in [0.5, 0.6) is 0 Å². The summed E-state index contributed by atoms with van der Waals surface area (Å²) >= 11 is 0. The zero-order chi connectivity index (χ0) is 12.7. The second-order valence-electron chi connectivity index (χ2n) is 4.60. The van der Waals surface area contributed by atoms with E-state index >= 15 is 0 Å². The van der Waals surface area contributed by atoms with Crippen LogP contribution in [0.15, 0.2) is 17.6 Å². The maximum atomic E-state index is 5.78. The molecular formula is C12H24N4O. The Kier molecular flexibility index (Phi) is 5.44. The van der Waals surface area contributed by atoms with Crippen LogP contribution in [0.4, 0.5) is 0 Å². The highest BCUT2D eigenvalue weighted by Crippen LogP contribution is 2.26. The molecule has 0 spiro atoms. The normalized spacial score (nSPS) is 20.3. The molecule has 1 fully saturated rings. The molecule has 0 aromatic carbocycles. The van der Waals surface area contributed by atoms with Crippen LogP contribution in [-0.2, 0) is 4.74 Å². The third-order valence-corrected chi connectivity index (χ3v) is 3.34. The zero-order valence-electron chi connectivity index (χ0n) is 10.9. The Morgan fingerprint density at radius 2 is 2.18 bits per heavy atom. The zero-order valence-corrected chi connectivity index (χ0v) is 10.9. The number of hydrogen-bond donors (Lipinski definition) is 2. The molecule has 0 saturated carbocycles. The first-order valence-electron chi connectivity index (χ1n) is 6.00. The largest absolute Gasteiger partial charge is 0.381 e. The monoisotopic (exact) mass is 240 g/mol. The van der Waals surface area contributed by atoms with Gasteiger partial charge in [-0.2, -0.15) is 0 Å². The number of nitrogens with two attached hydrogens (primary N) is 1. The summed E-state index contributed by atoms with van der Waals surface area (Å²) in [5, 5.41) is 2.99. The average molecular weight is 240 g/mol. The molecule has 0 atom stereocenters. The first-order valence-corrected chi connectivity index (χ1v) is 6.00. The summed E-state index contributed by atoms with van der Waals surface area (Å²) in [6, 6.07) is 0. The molecule has 0 aromatic rings. The fraction of sp³-hybridized carbons (Fsp3) is 0.750. The van der Waals surface area contributed by atoms with E-state index in [0.717, 1.165) is 26.1 Å². The molecule has 0 aliphatic carbocycles. The van der Waals surface area contributed by atoms with Crippen LogP contribution < -0.4 is 11.1 Å². The fourth-order valence-electron chi connectivity index (χ4n) is 1.96. The molecule has 0 amide bonds. The van der Waals surface area contributed by atoms with E-state index in [1.54, 1.807) is 6.08 Å². The first-order chi connectivity index (χ1) is 8.10. The fourth-order valence-corrected chi connectivity index (χ4v) is 1.96. The topological polar surface area (TPSA) is 62.9 Å². The minimum atomic E-state index is 0.0821. The molecule has 98 valence electrons. The van der Waals surface area contributed by atoms with Crippen LogP contribution >= 0.6 is 0 Å². The minimum absolute atomic E-state index is 0.0821. The highest BCUT2D eigenvalue weighted by Gasteiger charge is 2.34. The van der Waals surface area contributed by atoms with E-state index in [0.29, 0.717) is 19.0 Å². The predicted molar refractivity (Wildman–Crippen MR) is 71.2 cm³/mol. The second-order valence-corrected chi connectivity index (χ2v) is 4.60. The number of ether oxygens (including phenoxy) is 1. The van der Waals surface area contributed by atoms with Crippen molar-refractivity contribution in [3.05, 3.63) is 12.7 Å². The second kappa shape index (κ2) is 6.61. The van der Waals surface area contributed by atoms with Gasteiger partial charge >= 0.3 is 0 Å². The Morgan fingerprint density at radius 3 is 2.71 bits per heavy atom. The van der Waals surface area contributed by atoms with Crippen LogP contribution in [0.1, 0.15) is 12.8 Å². The molecule has 5 nitrogen and oxygen atoms in total. The summed E-state index contributed by atoms with van der Waals surface area (Å²) in [5.74, 6) is 0.484. The summed E-state index contributed by atoms with van der Waals surface area (Å²) < 4.78 is 5.41. The number of likely N-dealkylation sites (N-methyl/N-ethyl adjacent to an activating group) is 1. The number of nitrogens with one attached hydrogen (secondary N) is 1. The average Bonchev–Trinajstić information content (AvgIpc) is 2.34. The number of guanidine groups is 1. The van der Waals surface area contributed by atoms with Crippen molar-refractivity contribution in [2.24, 2.45) is 10.7 Å². The van der Waals surface area contributed by atoms with E-state index in [1.165, 1.54) is 0 Å². The van der Waals surface area contributed by atoms with Gasteiger partial charge in [0.15, 0.2) is 5.96 Å². The van der Waals surface area contributed by atoms with Gasteiger partial charge in [0.25, 0.3) is 0 Å². The van der Waals surface area contributed by atoms with Gasteiger partial charge in [-0.3, -0.25) is 4.99 Å². The van der Waals surface area contributed by atoms with Gasteiger partial charge < -0.3 is 20.7 Å². The molecule has 0 bridgehead atoms. The van der Waals surface area contributed by atoms with E-state index in [9.17, 15) is 0 Å². The van der Waals surface area contributed by atoms with Gasteiger partial charge in [0.2, 0.25) is 0 Å². The van der Waals surface area contributed by atoms with Gasteiger partial charge in [0, 0.05) is 25.3 Å². The molecule has 1 saturated heterocycles. The van der Waals surface area contributed by atoms with E-state index in [-0.39, 0.29) is 5.54 Å². The minimum Gasteiger partial charge on any atom is -0.381 e. The lowest BCUT2D eigenvalue weighted by molar-refractivity contribution is -0.00252. The molecule has 0 aromatic heterocycles. The molecule has 0 unspecified atom stereocenters. The van der Waals surface area contributed by atoms with Gasteiger partial charge in [-0.1, -0.05) is 6.08 Å². The molecular weight excluding hydrogens is 216 g/mol. The van der Waals surface area contributed by atoms with Gasteiger partial charge in [-0.05, 0) is 26.9 Å². The molecule has 3 N–H and O–H groups in total. The molecule has 1 rings (SSSR count). The quantitative estimate of drug-likeness (QED) is 0.409. The smallest absolute Gasteiger partial charge is 0.188 e. The molecule has 5 heteroatoms. The summed E-state index contributed by atoms with van der Waals surface area (Å²) in [6.45, 7) is 6.58. The van der Waals surface area contributed by atoms with Crippen molar-refractivity contribution in [1.82, 2.24) is 10.2 Å². The Balaban J connectivity index is 2.57. The van der Waals surface area contributed by atoms with Crippen molar-refractivity contribution in [3.63, 3.8) is 0 Å². The van der Waals surface area contributed by atoms with Crippen LogP contribution in [-0.4, -0.2) is 56.8 Å². The number of aliphatic imine (C=N–C) groups is 1. The van der Waals surface area contributed by atoms with Crippen molar-refractivity contribution >= 4 is 5.96 Å². The third-order valence-electron chi connectivity index (χ3n) is 3.34. The maximum absolute atomic E-state index is 5.78. The first kappa shape index (κ1) is 14.0. The third kappa shape index (κ3) is 4.02. The van der Waals surface area contributed by atoms with E-state index in [4.69, 9.17) is 10.5 Å². The van der Waals surface area contributed by atoms with Crippen molar-refractivity contribution < 1.29 is 4.74 Å². The van der Waals surface area contributed by atoms with E-state index < -0.39 is 0 Å². The summed E-state index contributed by atoms with van der Waals surface area (Å²) in [5.41, 5.74) is 5.86. The lowest BCUT2D eigenvalue weighted by Crippen LogP contribution is -2.51. The van der Waals surface area contributed by atoms with Crippen molar-refractivity contribution in [2.45, 2.75) is 18.4 Å². The van der Waals surface area contributed by atoms with Gasteiger partial charge in [-0.25, -0.2) is 0 Å². The predicted octanol–water partition coefficient (Wildman–Crippen LogP) is 0.188. The van der Waals surface area contributed by atoms with Crippen LogP contribution in [0.3, 0.4) is 0 Å². The van der Waals surface area contributed by atoms with Crippen molar-refractivity contribution in [1.29, 1.82) is 0 Å². The molecule has 0 radical (unpaired) electrons. The Bertz CT molecular complexity index is 270. The number of nitrogens with zero attached hydrogens (tertiary/aromatic N) is 2. The van der Waals surface area contributed by atoms with Gasteiger partial charge in [0.1, 0.15) is 0 Å². The lowest BCUT2D eigenvalue weighted by atomic mass is 9.89. The van der Waals surface area contributed by atoms with E-state index in [1.807, 2.05) is 0 Å². The standard InChI is InChI=1S/C12H24N4O/c1-4-7-14-11(13)15-10-12(16(2)3)5-8-17-9-6-12/h4H,1,5-10H2,2-3H3,(H3,13,14,15). The van der Waals surface area contributed by atoms with Gasteiger partial charge in [0.05, 0.1) is 6.54 Å². The molecule has 1 aliphatic heterocycles. The van der Waals surface area contributed by atoms with E-state index in [2.05, 4.69) is 35.9 Å². The summed E-state index contributed by atoms with van der Waals surface area (Å²) in [4.78, 5) is 6.65. The number of hydrogen-bond acceptors (Lipinski definition) is 3. The highest BCUT2D eigenvalue weighted by molar-refractivity contribution is 5.77. The number of rotatable bonds is 5. The molecule has 17 heavy (non-hydrogen) atoms. The van der Waals surface area contributed by atoms with Crippen LogP contribution in [0.2, 0.25) is 0 Å². The molecule has 1 heterocycles. The Hall–Kier alpha value is -1.07. The maximum Gasteiger partial charge on any atom is 0.188 e. The summed E-state index contributed by atoms with van der Waals surface area (Å²) in [6.07, 6.45) is 3.76. The highest BCUT2D eigenvalue weighted by atomic mass is 16.5. The summed E-state index contributed by atoms with van der Waals surface area (Å²) in [7, 11) is 4.18. The Morgan fingerprint density at radius 1 is 1.53 bits per heavy atom. The Labute approximate surface area is 104 Å². The van der Waals surface area contributed by atoms with Crippen molar-refractivity contribution in [3.8, 4) is 0 Å². The van der Waals surface area contributed by atoms with Crippen LogP contribution in [0.25, 0.3) is 0 Å². The van der Waals surface area contributed by atoms with Gasteiger partial charge in [-0.15, -0.1) is 6.58 Å². The van der Waals surface area contributed by atoms with Crippen molar-refractivity contribution in [2.75, 3.05) is 40.4 Å².